The molecule has 2 aliphatic carbocycles. The van der Waals surface area contributed by atoms with Crippen molar-refractivity contribution in [2.24, 2.45) is 35.3 Å². The number of likely N-dealkylation sites (tertiary alicyclic amines) is 2. The molecule has 0 bridgehead atoms. The predicted octanol–water partition coefficient (Wildman–Crippen LogP) is 4.04. The van der Waals surface area contributed by atoms with Crippen molar-refractivity contribution in [1.29, 1.82) is 5.41 Å². The Kier molecular flexibility index (Phi) is 10.4. The SMILES string of the molecule is N=C(N)C1CCC2CC(C(=O)N3CCC(CCNC(=O)C4CCCCN4)CC3)N(CC3CCC(C(F)(F)F)CC3)C2C1. The van der Waals surface area contributed by atoms with Crippen LogP contribution in [0.1, 0.15) is 89.9 Å². The first-order valence-corrected chi connectivity index (χ1v) is 16.6. The highest BCUT2D eigenvalue weighted by Gasteiger charge is 2.49. The van der Waals surface area contributed by atoms with Gasteiger partial charge in [-0.25, -0.2) is 0 Å². The summed E-state index contributed by atoms with van der Waals surface area (Å²) in [6.45, 7) is 3.67. The van der Waals surface area contributed by atoms with Crippen LogP contribution in [0.25, 0.3) is 0 Å². The number of hydrogen-bond donors (Lipinski definition) is 4. The van der Waals surface area contributed by atoms with Crippen LogP contribution in [0.3, 0.4) is 0 Å². The minimum atomic E-state index is -4.12. The lowest BCUT2D eigenvalue weighted by Crippen LogP contribution is -2.52. The number of rotatable bonds is 8. The van der Waals surface area contributed by atoms with Crippen molar-refractivity contribution in [2.75, 3.05) is 32.7 Å². The molecular weight excluding hydrogens is 545 g/mol. The second-order valence-corrected chi connectivity index (χ2v) is 13.9. The van der Waals surface area contributed by atoms with Crippen molar-refractivity contribution in [3.63, 3.8) is 0 Å². The number of alkyl halides is 3. The molecule has 5 atom stereocenters. The Hall–Kier alpha value is -1.88. The minimum Gasteiger partial charge on any atom is -0.387 e. The van der Waals surface area contributed by atoms with E-state index in [-0.39, 0.29) is 60.5 Å². The highest BCUT2D eigenvalue weighted by molar-refractivity contribution is 5.83. The van der Waals surface area contributed by atoms with E-state index in [1.165, 1.54) is 0 Å². The van der Waals surface area contributed by atoms with Crippen LogP contribution in [0.2, 0.25) is 0 Å². The van der Waals surface area contributed by atoms with Gasteiger partial charge < -0.3 is 21.3 Å². The van der Waals surface area contributed by atoms with Crippen LogP contribution < -0.4 is 16.4 Å². The average molecular weight is 597 g/mol. The molecular formula is C31H51F3N6O2. The molecule has 0 aromatic rings. The molecule has 42 heavy (non-hydrogen) atoms. The highest BCUT2D eigenvalue weighted by Crippen LogP contribution is 2.45. The van der Waals surface area contributed by atoms with Crippen LogP contribution in [0.15, 0.2) is 0 Å². The Labute approximate surface area is 248 Å². The standard InChI is InChI=1S/C31H51F3N6O2/c32-31(33,34)24-8-4-21(5-9-24)19-40-26-18-23(28(35)36)7-6-22(26)17-27(40)30(42)39-15-11-20(12-16-39)10-14-38-29(41)25-3-1-2-13-37-25/h20-27,37H,1-19H2,(H3,35,36)(H,38,41). The van der Waals surface area contributed by atoms with Crippen molar-refractivity contribution >= 4 is 17.6 Å². The Bertz CT molecular complexity index is 941. The second kappa shape index (κ2) is 13.8. The van der Waals surface area contributed by atoms with Gasteiger partial charge in [-0.05, 0) is 108 Å². The smallest absolute Gasteiger partial charge is 0.387 e. The van der Waals surface area contributed by atoms with Crippen molar-refractivity contribution in [2.45, 2.75) is 114 Å². The molecule has 5 N–H and O–H groups in total. The topological polar surface area (TPSA) is 115 Å². The quantitative estimate of drug-likeness (QED) is 0.250. The predicted molar refractivity (Wildman–Crippen MR) is 156 cm³/mol. The number of carbonyl (C=O) groups excluding carboxylic acids is 2. The van der Waals surface area contributed by atoms with E-state index in [9.17, 15) is 22.8 Å². The monoisotopic (exact) mass is 596 g/mol. The van der Waals surface area contributed by atoms with Crippen LogP contribution in [-0.2, 0) is 9.59 Å². The van der Waals surface area contributed by atoms with Crippen molar-refractivity contribution in [3.05, 3.63) is 0 Å². The molecule has 3 heterocycles. The summed E-state index contributed by atoms with van der Waals surface area (Å²) >= 11 is 0. The molecule has 0 radical (unpaired) electrons. The van der Waals surface area contributed by atoms with Gasteiger partial charge in [-0.3, -0.25) is 19.9 Å². The molecule has 5 rings (SSSR count). The van der Waals surface area contributed by atoms with Gasteiger partial charge in [0, 0.05) is 38.1 Å². The van der Waals surface area contributed by atoms with Gasteiger partial charge >= 0.3 is 6.18 Å². The fourth-order valence-electron chi connectivity index (χ4n) is 8.55. The lowest BCUT2D eigenvalue weighted by atomic mass is 9.77. The number of fused-ring (bicyclic) bond motifs is 1. The summed E-state index contributed by atoms with van der Waals surface area (Å²) in [5.74, 6) is 0.326. The largest absolute Gasteiger partial charge is 0.391 e. The van der Waals surface area contributed by atoms with E-state index in [0.29, 0.717) is 50.9 Å². The summed E-state index contributed by atoms with van der Waals surface area (Å²) in [7, 11) is 0. The first kappa shape index (κ1) is 31.5. The Balaban J connectivity index is 1.14. The Morgan fingerprint density at radius 1 is 0.929 bits per heavy atom. The maximum Gasteiger partial charge on any atom is 0.391 e. The fourth-order valence-corrected chi connectivity index (χ4v) is 8.55. The number of halogens is 3. The summed E-state index contributed by atoms with van der Waals surface area (Å²) in [6, 6.07) is -0.131. The number of amides is 2. The van der Waals surface area contributed by atoms with E-state index in [1.54, 1.807) is 0 Å². The van der Waals surface area contributed by atoms with E-state index in [1.807, 2.05) is 4.90 Å². The molecule has 3 saturated heterocycles. The Morgan fingerprint density at radius 3 is 2.31 bits per heavy atom. The van der Waals surface area contributed by atoms with Crippen LogP contribution in [-0.4, -0.2) is 84.5 Å². The molecule has 5 aliphatic rings. The molecule has 5 unspecified atom stereocenters. The third-order valence-electron chi connectivity index (χ3n) is 11.2. The molecule has 238 valence electrons. The maximum absolute atomic E-state index is 14.0. The molecule has 0 aromatic heterocycles. The number of nitrogens with two attached hydrogens (primary N) is 1. The second-order valence-electron chi connectivity index (χ2n) is 13.9. The summed E-state index contributed by atoms with van der Waals surface area (Å²) < 4.78 is 39.8. The van der Waals surface area contributed by atoms with Gasteiger partial charge in [0.05, 0.1) is 23.8 Å². The van der Waals surface area contributed by atoms with Crippen molar-refractivity contribution in [1.82, 2.24) is 20.4 Å². The minimum absolute atomic E-state index is 0.0219. The first-order chi connectivity index (χ1) is 20.1. The average Bonchev–Trinajstić information content (AvgIpc) is 3.34. The fraction of sp³-hybridized carbons (Fsp3) is 0.903. The summed E-state index contributed by atoms with van der Waals surface area (Å²) in [5.41, 5.74) is 5.91. The summed E-state index contributed by atoms with van der Waals surface area (Å²) in [6.07, 6.45) is 6.62. The van der Waals surface area contributed by atoms with Gasteiger partial charge in [0.25, 0.3) is 0 Å². The van der Waals surface area contributed by atoms with Gasteiger partial charge in [0.15, 0.2) is 0 Å². The third kappa shape index (κ3) is 7.60. The first-order valence-electron chi connectivity index (χ1n) is 16.6. The zero-order chi connectivity index (χ0) is 29.9. The number of nitrogens with zero attached hydrogens (tertiary/aromatic N) is 2. The van der Waals surface area contributed by atoms with E-state index in [0.717, 1.165) is 70.8 Å². The van der Waals surface area contributed by atoms with Gasteiger partial charge in [-0.2, -0.15) is 13.2 Å². The van der Waals surface area contributed by atoms with Gasteiger partial charge in [-0.15, -0.1) is 0 Å². The third-order valence-corrected chi connectivity index (χ3v) is 11.2. The summed E-state index contributed by atoms with van der Waals surface area (Å²) in [5, 5.41) is 14.4. The van der Waals surface area contributed by atoms with Crippen LogP contribution in [0.4, 0.5) is 13.2 Å². The van der Waals surface area contributed by atoms with Crippen molar-refractivity contribution in [3.8, 4) is 0 Å². The number of hydrogen-bond acceptors (Lipinski definition) is 5. The van der Waals surface area contributed by atoms with Crippen LogP contribution in [0, 0.1) is 35.0 Å². The van der Waals surface area contributed by atoms with Crippen LogP contribution in [0.5, 0.6) is 0 Å². The molecule has 11 heteroatoms. The van der Waals surface area contributed by atoms with E-state index in [4.69, 9.17) is 11.1 Å². The number of carbonyl (C=O) groups is 2. The number of amidine groups is 1. The van der Waals surface area contributed by atoms with Crippen LogP contribution >= 0.6 is 0 Å². The zero-order valence-corrected chi connectivity index (χ0v) is 25.0. The molecule has 0 aromatic carbocycles. The number of nitrogens with one attached hydrogen (secondary N) is 3. The zero-order valence-electron chi connectivity index (χ0n) is 25.0. The lowest BCUT2D eigenvalue weighted by Gasteiger charge is -2.41. The number of piperidine rings is 2. The van der Waals surface area contributed by atoms with Gasteiger partial charge in [0.2, 0.25) is 11.8 Å². The van der Waals surface area contributed by atoms with E-state index in [2.05, 4.69) is 15.5 Å². The van der Waals surface area contributed by atoms with Crippen molar-refractivity contribution < 1.29 is 22.8 Å². The molecule has 5 fully saturated rings. The lowest BCUT2D eigenvalue weighted by molar-refractivity contribution is -0.184. The molecule has 8 nitrogen and oxygen atoms in total. The van der Waals surface area contributed by atoms with Gasteiger partial charge in [-0.1, -0.05) is 6.42 Å². The van der Waals surface area contributed by atoms with E-state index < -0.39 is 12.1 Å². The normalized spacial score (nSPS) is 35.0. The molecule has 3 aliphatic heterocycles. The summed E-state index contributed by atoms with van der Waals surface area (Å²) in [4.78, 5) is 30.8. The Morgan fingerprint density at radius 2 is 1.67 bits per heavy atom. The molecule has 0 spiro atoms. The van der Waals surface area contributed by atoms with Gasteiger partial charge in [0.1, 0.15) is 0 Å². The highest BCUT2D eigenvalue weighted by atomic mass is 19.4. The molecule has 2 amide bonds. The van der Waals surface area contributed by atoms with E-state index >= 15 is 0 Å². The molecule has 2 saturated carbocycles. The maximum atomic E-state index is 14.0.